The van der Waals surface area contributed by atoms with Gasteiger partial charge in [-0.2, -0.15) is 0 Å². The zero-order valence-corrected chi connectivity index (χ0v) is 33.6. The fraction of sp³-hybridized carbons (Fsp3) is 0.0690. The summed E-state index contributed by atoms with van der Waals surface area (Å²) in [5.41, 5.74) is 19.9. The second-order valence-electron chi connectivity index (χ2n) is 16.7. The molecule has 0 aliphatic heterocycles. The van der Waals surface area contributed by atoms with Crippen molar-refractivity contribution < 1.29 is 4.42 Å². The minimum Gasteiger partial charge on any atom is -0.456 e. The van der Waals surface area contributed by atoms with Crippen molar-refractivity contribution in [3.63, 3.8) is 0 Å². The van der Waals surface area contributed by atoms with Gasteiger partial charge in [0, 0.05) is 38.7 Å². The van der Waals surface area contributed by atoms with E-state index in [4.69, 9.17) is 4.42 Å². The van der Waals surface area contributed by atoms with E-state index in [1.165, 1.54) is 55.6 Å². The topological polar surface area (TPSA) is 16.4 Å². The molecular weight excluding hydrogens is 727 g/mol. The average Bonchev–Trinajstić information content (AvgIpc) is 3.91. The van der Waals surface area contributed by atoms with Crippen LogP contribution >= 0.6 is 0 Å². The highest BCUT2D eigenvalue weighted by Crippen LogP contribution is 2.56. The Morgan fingerprint density at radius 1 is 0.333 bits per heavy atom. The second-order valence-corrected chi connectivity index (χ2v) is 16.7. The molecular formula is C58H41NO. The summed E-state index contributed by atoms with van der Waals surface area (Å²) in [4.78, 5) is 2.46. The summed E-state index contributed by atoms with van der Waals surface area (Å²) >= 11 is 0. The van der Waals surface area contributed by atoms with Gasteiger partial charge in [0.2, 0.25) is 0 Å². The van der Waals surface area contributed by atoms with Crippen molar-refractivity contribution >= 4 is 39.0 Å². The Labute approximate surface area is 350 Å². The first-order valence-electron chi connectivity index (χ1n) is 20.9. The quantitative estimate of drug-likeness (QED) is 0.168. The van der Waals surface area contributed by atoms with Gasteiger partial charge in [-0.15, -0.1) is 0 Å². The van der Waals surface area contributed by atoms with Crippen LogP contribution in [0.5, 0.6) is 0 Å². The van der Waals surface area contributed by atoms with Crippen molar-refractivity contribution in [2.45, 2.75) is 24.7 Å². The van der Waals surface area contributed by atoms with Crippen LogP contribution in [-0.2, 0) is 10.8 Å². The molecule has 0 radical (unpaired) electrons. The minimum atomic E-state index is -0.326. The van der Waals surface area contributed by atoms with Gasteiger partial charge in [0.15, 0.2) is 0 Å². The molecule has 284 valence electrons. The minimum absolute atomic E-state index is 0.275. The molecule has 9 aromatic carbocycles. The van der Waals surface area contributed by atoms with Crippen molar-refractivity contribution in [1.29, 1.82) is 0 Å². The Morgan fingerprint density at radius 2 is 0.867 bits per heavy atom. The molecule has 0 bridgehead atoms. The molecule has 0 N–H and O–H groups in total. The van der Waals surface area contributed by atoms with Gasteiger partial charge >= 0.3 is 0 Å². The third-order valence-corrected chi connectivity index (χ3v) is 13.6. The average molecular weight is 768 g/mol. The largest absolute Gasteiger partial charge is 0.456 e. The molecule has 2 nitrogen and oxygen atoms in total. The van der Waals surface area contributed by atoms with Gasteiger partial charge in [0.1, 0.15) is 11.2 Å². The molecule has 2 atom stereocenters. The van der Waals surface area contributed by atoms with E-state index >= 15 is 0 Å². The van der Waals surface area contributed by atoms with Gasteiger partial charge < -0.3 is 9.32 Å². The summed E-state index contributed by atoms with van der Waals surface area (Å²) < 4.78 is 6.23. The van der Waals surface area contributed by atoms with Crippen LogP contribution in [0.25, 0.3) is 55.3 Å². The van der Waals surface area contributed by atoms with Gasteiger partial charge in [-0.3, -0.25) is 0 Å². The standard InChI is InChI=1S/C58H41NO/c1-57(40-17-5-3-6-18-40)52-26-13-10-23-46(52)49-36-43(30-32-53(49)57)59(42-21-15-16-38(34-42)39-28-33-56-50(35-39)48-24-11-14-27-55(48)60-56)44-29-31-47-45-22-9-12-25-51(45)58(2,54(47)37-44)41-19-7-4-8-20-41/h3-37H,1-2H3. The zero-order chi connectivity index (χ0) is 40.0. The number of hydrogen-bond donors (Lipinski definition) is 0. The van der Waals surface area contributed by atoms with Crippen LogP contribution in [0.2, 0.25) is 0 Å². The molecule has 2 aliphatic carbocycles. The van der Waals surface area contributed by atoms with Crippen LogP contribution in [0.3, 0.4) is 0 Å². The lowest BCUT2D eigenvalue weighted by atomic mass is 9.74. The maximum Gasteiger partial charge on any atom is 0.135 e. The molecule has 2 aliphatic rings. The highest BCUT2D eigenvalue weighted by atomic mass is 16.3. The number of para-hydroxylation sites is 1. The fourth-order valence-electron chi connectivity index (χ4n) is 10.6. The molecule has 0 fully saturated rings. The maximum absolute atomic E-state index is 6.23. The Morgan fingerprint density at radius 3 is 1.62 bits per heavy atom. The molecule has 0 spiro atoms. The molecule has 1 aromatic heterocycles. The molecule has 0 amide bonds. The molecule has 1 heterocycles. The maximum atomic E-state index is 6.23. The Bertz CT molecular complexity index is 3310. The summed E-state index contributed by atoms with van der Waals surface area (Å²) in [5.74, 6) is 0. The van der Waals surface area contributed by atoms with Crippen molar-refractivity contribution in [3.8, 4) is 33.4 Å². The molecule has 2 unspecified atom stereocenters. The van der Waals surface area contributed by atoms with Gasteiger partial charge in [-0.1, -0.05) is 158 Å². The summed E-state index contributed by atoms with van der Waals surface area (Å²) in [6.07, 6.45) is 0. The molecule has 0 saturated carbocycles. The number of nitrogens with zero attached hydrogens (tertiary/aromatic N) is 1. The van der Waals surface area contributed by atoms with Crippen molar-refractivity contribution in [3.05, 3.63) is 246 Å². The van der Waals surface area contributed by atoms with E-state index in [0.717, 1.165) is 50.1 Å². The lowest BCUT2D eigenvalue weighted by molar-refractivity contribution is 0.669. The molecule has 2 heteroatoms. The summed E-state index contributed by atoms with van der Waals surface area (Å²) in [6.45, 7) is 4.78. The van der Waals surface area contributed by atoms with E-state index in [2.05, 4.69) is 219 Å². The molecule has 10 aromatic rings. The van der Waals surface area contributed by atoms with E-state index in [-0.39, 0.29) is 10.8 Å². The first-order chi connectivity index (χ1) is 29.5. The lowest BCUT2D eigenvalue weighted by Crippen LogP contribution is -2.23. The Hall–Kier alpha value is -7.42. The van der Waals surface area contributed by atoms with E-state index in [9.17, 15) is 0 Å². The fourth-order valence-corrected chi connectivity index (χ4v) is 10.6. The second kappa shape index (κ2) is 13.0. The monoisotopic (exact) mass is 767 g/mol. The first-order valence-corrected chi connectivity index (χ1v) is 20.9. The van der Waals surface area contributed by atoms with E-state index < -0.39 is 0 Å². The lowest BCUT2D eigenvalue weighted by Gasteiger charge is -2.31. The summed E-state index contributed by atoms with van der Waals surface area (Å²) in [5, 5.41) is 2.26. The Balaban J connectivity index is 1.07. The van der Waals surface area contributed by atoms with Crippen LogP contribution in [0, 0.1) is 0 Å². The van der Waals surface area contributed by atoms with Crippen LogP contribution in [-0.4, -0.2) is 0 Å². The number of anilines is 3. The Kier molecular flexibility index (Phi) is 7.52. The molecule has 60 heavy (non-hydrogen) atoms. The van der Waals surface area contributed by atoms with E-state index in [1.807, 2.05) is 12.1 Å². The number of furan rings is 1. The van der Waals surface area contributed by atoms with Crippen LogP contribution in [0.15, 0.2) is 217 Å². The summed E-state index contributed by atoms with van der Waals surface area (Å²) in [7, 11) is 0. The highest BCUT2D eigenvalue weighted by Gasteiger charge is 2.42. The smallest absolute Gasteiger partial charge is 0.135 e. The SMILES string of the molecule is CC1(c2ccccc2)c2ccccc2-c2cc(N(c3cccc(-c4ccc5oc6ccccc6c5c4)c3)c3ccc4c(c3)C(C)(c3ccccc3)c3ccccc3-4)ccc21. The molecule has 12 rings (SSSR count). The molecule has 0 saturated heterocycles. The van der Waals surface area contributed by atoms with Crippen molar-refractivity contribution in [1.82, 2.24) is 0 Å². The number of benzene rings is 9. The third kappa shape index (κ3) is 4.94. The number of hydrogen-bond acceptors (Lipinski definition) is 2. The third-order valence-electron chi connectivity index (χ3n) is 13.6. The normalized spacial score (nSPS) is 17.3. The number of rotatable bonds is 6. The summed E-state index contributed by atoms with van der Waals surface area (Å²) in [6, 6.07) is 78.0. The van der Waals surface area contributed by atoms with Crippen molar-refractivity contribution in [2.24, 2.45) is 0 Å². The van der Waals surface area contributed by atoms with Gasteiger partial charge in [-0.05, 0) is 135 Å². The van der Waals surface area contributed by atoms with Gasteiger partial charge in [-0.25, -0.2) is 0 Å². The van der Waals surface area contributed by atoms with E-state index in [1.54, 1.807) is 0 Å². The van der Waals surface area contributed by atoms with Crippen molar-refractivity contribution in [2.75, 3.05) is 4.90 Å². The zero-order valence-electron chi connectivity index (χ0n) is 33.6. The predicted molar refractivity (Wildman–Crippen MR) is 249 cm³/mol. The predicted octanol–water partition coefficient (Wildman–Crippen LogP) is 15.4. The van der Waals surface area contributed by atoms with Crippen LogP contribution < -0.4 is 4.90 Å². The van der Waals surface area contributed by atoms with Gasteiger partial charge in [0.25, 0.3) is 0 Å². The van der Waals surface area contributed by atoms with Crippen LogP contribution in [0.1, 0.15) is 47.2 Å². The first kappa shape index (κ1) is 34.6. The van der Waals surface area contributed by atoms with Gasteiger partial charge in [0.05, 0.1) is 0 Å². The highest BCUT2D eigenvalue weighted by molar-refractivity contribution is 6.06. The van der Waals surface area contributed by atoms with Crippen LogP contribution in [0.4, 0.5) is 17.1 Å². The van der Waals surface area contributed by atoms with E-state index in [0.29, 0.717) is 0 Å². The number of fused-ring (bicyclic) bond motifs is 9.